The fourth-order valence-electron chi connectivity index (χ4n) is 3.54. The Bertz CT molecular complexity index is 771. The lowest BCUT2D eigenvalue weighted by Crippen LogP contribution is -2.25. The average molecular weight is 325 g/mol. The summed E-state index contributed by atoms with van der Waals surface area (Å²) in [6, 6.07) is 7.67. The monoisotopic (exact) mass is 324 g/mol. The SMILES string of the molecule is N#CB(CC1CC1)C1CCN(c2ccc3nc(Cl)ccc3n2)C1. The summed E-state index contributed by atoms with van der Waals surface area (Å²) in [5.41, 5.74) is 1.69. The second-order valence-electron chi connectivity index (χ2n) is 6.75. The van der Waals surface area contributed by atoms with E-state index in [2.05, 4.69) is 15.9 Å². The Morgan fingerprint density at radius 2 is 1.96 bits per heavy atom. The first kappa shape index (κ1) is 14.8. The third-order valence-corrected chi connectivity index (χ3v) is 5.27. The number of anilines is 1. The summed E-state index contributed by atoms with van der Waals surface area (Å²) in [7, 11) is 0. The molecule has 2 aliphatic rings. The summed E-state index contributed by atoms with van der Waals surface area (Å²) in [5.74, 6) is 4.81. The van der Waals surface area contributed by atoms with Gasteiger partial charge in [0.2, 0.25) is 0 Å². The summed E-state index contributed by atoms with van der Waals surface area (Å²) in [5, 5.41) is 9.97. The molecule has 1 aliphatic heterocycles. The van der Waals surface area contributed by atoms with E-state index in [0.717, 1.165) is 48.6 Å². The molecule has 4 rings (SSSR count). The Balaban J connectivity index is 1.50. The first-order valence-electron chi connectivity index (χ1n) is 8.31. The number of aromatic nitrogens is 2. The lowest BCUT2D eigenvalue weighted by molar-refractivity contribution is 0.874. The highest BCUT2D eigenvalue weighted by Crippen LogP contribution is 2.38. The first-order chi connectivity index (χ1) is 11.2. The van der Waals surface area contributed by atoms with Crippen LogP contribution in [-0.2, 0) is 0 Å². The Kier molecular flexibility index (Phi) is 3.86. The molecule has 2 aromatic rings. The molecule has 1 aliphatic carbocycles. The van der Waals surface area contributed by atoms with Crippen molar-refractivity contribution in [1.29, 1.82) is 5.26 Å². The van der Waals surface area contributed by atoms with Gasteiger partial charge in [0.05, 0.1) is 11.0 Å². The largest absolute Gasteiger partial charge is 0.357 e. The normalized spacial score (nSPS) is 20.7. The van der Waals surface area contributed by atoms with Crippen LogP contribution >= 0.6 is 11.6 Å². The Labute approximate surface area is 141 Å². The van der Waals surface area contributed by atoms with Crippen LogP contribution in [0.25, 0.3) is 11.0 Å². The smallest absolute Gasteiger partial charge is 0.273 e. The highest BCUT2D eigenvalue weighted by Gasteiger charge is 2.37. The van der Waals surface area contributed by atoms with Gasteiger partial charge in [-0.15, -0.1) is 0 Å². The topological polar surface area (TPSA) is 52.8 Å². The van der Waals surface area contributed by atoms with Gasteiger partial charge in [0.25, 0.3) is 6.71 Å². The van der Waals surface area contributed by atoms with Crippen LogP contribution in [0.5, 0.6) is 0 Å². The standard InChI is InChI=1S/C17H18BClN4/c19-16-5-3-15-14(21-16)4-6-17(22-15)23-8-7-13(10-23)18(11-20)9-12-1-2-12/h3-6,12-13H,1-2,7-10H2. The van der Waals surface area contributed by atoms with Gasteiger partial charge < -0.3 is 4.90 Å². The maximum Gasteiger partial charge on any atom is 0.273 e. The third-order valence-electron chi connectivity index (χ3n) is 5.06. The lowest BCUT2D eigenvalue weighted by Gasteiger charge is -2.18. The zero-order chi connectivity index (χ0) is 15.8. The van der Waals surface area contributed by atoms with Gasteiger partial charge in [-0.05, 0) is 42.4 Å². The predicted molar refractivity (Wildman–Crippen MR) is 94.0 cm³/mol. The quantitative estimate of drug-likeness (QED) is 0.633. The summed E-state index contributed by atoms with van der Waals surface area (Å²) >= 11 is 5.92. The van der Waals surface area contributed by atoms with Crippen molar-refractivity contribution >= 4 is 35.2 Å². The van der Waals surface area contributed by atoms with E-state index in [-0.39, 0.29) is 6.71 Å². The number of nitriles is 1. The Hall–Kier alpha value is -1.80. The Morgan fingerprint density at radius 3 is 2.74 bits per heavy atom. The molecule has 1 atom stereocenters. The zero-order valence-corrected chi connectivity index (χ0v) is 13.7. The number of fused-ring (bicyclic) bond motifs is 1. The number of pyridine rings is 2. The average Bonchev–Trinajstić information content (AvgIpc) is 3.26. The molecule has 23 heavy (non-hydrogen) atoms. The van der Waals surface area contributed by atoms with Crippen molar-refractivity contribution in [3.05, 3.63) is 29.4 Å². The van der Waals surface area contributed by atoms with Gasteiger partial charge in [0.15, 0.2) is 0 Å². The predicted octanol–water partition coefficient (Wildman–Crippen LogP) is 3.83. The second-order valence-corrected chi connectivity index (χ2v) is 7.14. The van der Waals surface area contributed by atoms with Crippen molar-refractivity contribution in [2.24, 2.45) is 5.92 Å². The van der Waals surface area contributed by atoms with E-state index in [9.17, 15) is 5.26 Å². The van der Waals surface area contributed by atoms with E-state index in [1.54, 1.807) is 6.07 Å². The van der Waals surface area contributed by atoms with Crippen molar-refractivity contribution < 1.29 is 0 Å². The van der Waals surface area contributed by atoms with E-state index in [0.29, 0.717) is 11.0 Å². The Morgan fingerprint density at radius 1 is 1.17 bits per heavy atom. The van der Waals surface area contributed by atoms with E-state index < -0.39 is 0 Å². The van der Waals surface area contributed by atoms with Crippen LogP contribution in [-0.4, -0.2) is 29.8 Å². The van der Waals surface area contributed by atoms with Crippen LogP contribution in [0.3, 0.4) is 0 Å². The first-order valence-corrected chi connectivity index (χ1v) is 8.68. The maximum atomic E-state index is 9.48. The summed E-state index contributed by atoms with van der Waals surface area (Å²) in [6.07, 6.45) is 4.80. The van der Waals surface area contributed by atoms with Gasteiger partial charge in [0.1, 0.15) is 11.0 Å². The fourth-order valence-corrected chi connectivity index (χ4v) is 3.69. The summed E-state index contributed by atoms with van der Waals surface area (Å²) in [6.45, 7) is 2.12. The maximum absolute atomic E-state index is 9.48. The number of rotatable bonds is 4. The highest BCUT2D eigenvalue weighted by molar-refractivity contribution is 6.68. The van der Waals surface area contributed by atoms with Crippen LogP contribution in [0, 0.1) is 17.1 Å². The third kappa shape index (κ3) is 3.14. The van der Waals surface area contributed by atoms with Crippen molar-refractivity contribution in [2.45, 2.75) is 31.4 Å². The molecule has 0 radical (unpaired) electrons. The molecule has 3 heterocycles. The van der Waals surface area contributed by atoms with Crippen LogP contribution in [0.2, 0.25) is 17.3 Å². The number of halogens is 1. The molecule has 1 saturated carbocycles. The highest BCUT2D eigenvalue weighted by atomic mass is 35.5. The van der Waals surface area contributed by atoms with E-state index >= 15 is 0 Å². The van der Waals surface area contributed by atoms with Gasteiger partial charge in [-0.25, -0.2) is 15.2 Å². The molecule has 0 spiro atoms. The lowest BCUT2D eigenvalue weighted by atomic mass is 9.39. The number of hydrogen-bond donors (Lipinski definition) is 0. The van der Waals surface area contributed by atoms with Crippen LogP contribution in [0.1, 0.15) is 19.3 Å². The van der Waals surface area contributed by atoms with Crippen molar-refractivity contribution in [1.82, 2.24) is 9.97 Å². The van der Waals surface area contributed by atoms with Gasteiger partial charge in [-0.2, -0.15) is 0 Å². The minimum absolute atomic E-state index is 0.202. The molecular formula is C17H18BClN4. The molecule has 2 aromatic heterocycles. The van der Waals surface area contributed by atoms with Crippen LogP contribution in [0.15, 0.2) is 24.3 Å². The van der Waals surface area contributed by atoms with E-state index in [1.807, 2.05) is 18.2 Å². The van der Waals surface area contributed by atoms with Crippen molar-refractivity contribution in [3.8, 4) is 5.97 Å². The van der Waals surface area contributed by atoms with E-state index in [4.69, 9.17) is 16.6 Å². The number of hydrogen-bond acceptors (Lipinski definition) is 4. The molecule has 2 fully saturated rings. The van der Waals surface area contributed by atoms with Crippen LogP contribution < -0.4 is 4.90 Å². The molecule has 0 N–H and O–H groups in total. The fraction of sp³-hybridized carbons (Fsp3) is 0.471. The van der Waals surface area contributed by atoms with Crippen molar-refractivity contribution in [2.75, 3.05) is 18.0 Å². The second kappa shape index (κ2) is 6.01. The van der Waals surface area contributed by atoms with Crippen molar-refractivity contribution in [3.63, 3.8) is 0 Å². The zero-order valence-electron chi connectivity index (χ0n) is 13.0. The van der Waals surface area contributed by atoms with Crippen LogP contribution in [0.4, 0.5) is 5.82 Å². The van der Waals surface area contributed by atoms with Gasteiger partial charge >= 0.3 is 0 Å². The number of nitrogens with zero attached hydrogens (tertiary/aromatic N) is 4. The van der Waals surface area contributed by atoms with Gasteiger partial charge in [-0.3, -0.25) is 0 Å². The summed E-state index contributed by atoms with van der Waals surface area (Å²) in [4.78, 5) is 11.3. The van der Waals surface area contributed by atoms with Gasteiger partial charge in [0, 0.05) is 19.1 Å². The summed E-state index contributed by atoms with van der Waals surface area (Å²) < 4.78 is 0. The molecule has 1 saturated heterocycles. The molecule has 116 valence electrons. The minimum atomic E-state index is 0.202. The molecule has 0 aromatic carbocycles. The molecule has 1 unspecified atom stereocenters. The van der Waals surface area contributed by atoms with Gasteiger partial charge in [-0.1, -0.05) is 30.8 Å². The molecule has 4 nitrogen and oxygen atoms in total. The molecule has 6 heteroatoms. The molecule has 0 bridgehead atoms. The minimum Gasteiger partial charge on any atom is -0.357 e. The molecule has 0 amide bonds. The van der Waals surface area contributed by atoms with E-state index in [1.165, 1.54) is 12.8 Å². The molecular weight excluding hydrogens is 306 g/mol.